The summed E-state index contributed by atoms with van der Waals surface area (Å²) >= 11 is 5.94. The van der Waals surface area contributed by atoms with Crippen molar-refractivity contribution in [2.75, 3.05) is 20.3 Å². The first-order valence-corrected chi connectivity index (χ1v) is 6.49. The van der Waals surface area contributed by atoms with Gasteiger partial charge in [0, 0.05) is 24.2 Å². The van der Waals surface area contributed by atoms with Crippen LogP contribution in [0.5, 0.6) is 0 Å². The van der Waals surface area contributed by atoms with Gasteiger partial charge in [-0.1, -0.05) is 11.6 Å². The summed E-state index contributed by atoms with van der Waals surface area (Å²) in [4.78, 5) is 4.25. The van der Waals surface area contributed by atoms with Crippen molar-refractivity contribution < 1.29 is 9.15 Å². The van der Waals surface area contributed by atoms with Crippen LogP contribution in [-0.4, -0.2) is 25.2 Å². The quantitative estimate of drug-likeness (QED) is 0.826. The number of hydrogen-bond acceptors (Lipinski definition) is 4. The molecule has 102 valence electrons. The minimum Gasteiger partial charge on any atom is -0.439 e. The molecule has 0 aliphatic heterocycles. The summed E-state index contributed by atoms with van der Waals surface area (Å²) in [6.07, 6.45) is 1.74. The van der Waals surface area contributed by atoms with Crippen LogP contribution in [0.3, 0.4) is 0 Å². The molecule has 0 aliphatic rings. The number of nitrogens with one attached hydrogen (secondary N) is 1. The average Bonchev–Trinajstić information content (AvgIpc) is 2.83. The molecule has 0 saturated heterocycles. The minimum atomic E-state index is 0.593. The summed E-state index contributed by atoms with van der Waals surface area (Å²) in [7, 11) is 1.67. The fourth-order valence-corrected chi connectivity index (χ4v) is 2.02. The van der Waals surface area contributed by atoms with Crippen LogP contribution in [0.2, 0.25) is 5.02 Å². The largest absolute Gasteiger partial charge is 0.439 e. The van der Waals surface area contributed by atoms with E-state index in [4.69, 9.17) is 20.8 Å². The summed E-state index contributed by atoms with van der Waals surface area (Å²) in [6.45, 7) is 4.04. The third kappa shape index (κ3) is 3.80. The number of aryl methyl sites for hydroxylation is 1. The van der Waals surface area contributed by atoms with Crippen molar-refractivity contribution in [3.05, 3.63) is 40.9 Å². The molecular formula is C14H17ClN2O2. The first kappa shape index (κ1) is 14.1. The Labute approximate surface area is 117 Å². The van der Waals surface area contributed by atoms with Crippen LogP contribution >= 0.6 is 11.6 Å². The summed E-state index contributed by atoms with van der Waals surface area (Å²) in [5.41, 5.74) is 2.09. The summed E-state index contributed by atoms with van der Waals surface area (Å²) in [5, 5.41) is 3.91. The number of aromatic nitrogens is 1. The van der Waals surface area contributed by atoms with Gasteiger partial charge in [0.1, 0.15) is 0 Å². The van der Waals surface area contributed by atoms with Gasteiger partial charge in [0.25, 0.3) is 0 Å². The van der Waals surface area contributed by atoms with Crippen molar-refractivity contribution in [3.63, 3.8) is 0 Å². The molecule has 0 spiro atoms. The van der Waals surface area contributed by atoms with E-state index in [0.29, 0.717) is 19.0 Å². The van der Waals surface area contributed by atoms with Crippen LogP contribution in [0.1, 0.15) is 11.5 Å². The molecule has 0 amide bonds. The summed E-state index contributed by atoms with van der Waals surface area (Å²) < 4.78 is 10.7. The molecule has 0 aliphatic carbocycles. The highest BCUT2D eigenvalue weighted by Crippen LogP contribution is 2.26. The zero-order chi connectivity index (χ0) is 13.7. The Bertz CT molecular complexity index is 540. The van der Waals surface area contributed by atoms with Gasteiger partial charge in [-0.3, -0.25) is 0 Å². The van der Waals surface area contributed by atoms with Crippen LogP contribution in [0.25, 0.3) is 11.3 Å². The Morgan fingerprint density at radius 1 is 1.42 bits per heavy atom. The number of halogens is 1. The Kier molecular flexibility index (Phi) is 4.96. The Morgan fingerprint density at radius 3 is 3.00 bits per heavy atom. The highest BCUT2D eigenvalue weighted by molar-refractivity contribution is 6.30. The second-order valence-corrected chi connectivity index (χ2v) is 4.68. The van der Waals surface area contributed by atoms with Crippen molar-refractivity contribution in [3.8, 4) is 11.3 Å². The van der Waals surface area contributed by atoms with Gasteiger partial charge in [-0.25, -0.2) is 4.98 Å². The predicted octanol–water partition coefficient (Wildman–Crippen LogP) is 3.04. The molecule has 0 radical (unpaired) electrons. The van der Waals surface area contributed by atoms with Gasteiger partial charge in [-0.05, 0) is 30.7 Å². The second kappa shape index (κ2) is 6.70. The van der Waals surface area contributed by atoms with E-state index in [9.17, 15) is 0 Å². The summed E-state index contributed by atoms with van der Waals surface area (Å²) in [5.74, 6) is 1.43. The van der Waals surface area contributed by atoms with Gasteiger partial charge in [-0.15, -0.1) is 0 Å². The van der Waals surface area contributed by atoms with Gasteiger partial charge in [-0.2, -0.15) is 0 Å². The van der Waals surface area contributed by atoms with E-state index in [1.54, 1.807) is 13.3 Å². The maximum absolute atomic E-state index is 5.94. The monoisotopic (exact) mass is 280 g/mol. The van der Waals surface area contributed by atoms with Crippen molar-refractivity contribution >= 4 is 11.6 Å². The number of methoxy groups -OCH3 is 1. The predicted molar refractivity (Wildman–Crippen MR) is 75.3 cm³/mol. The van der Waals surface area contributed by atoms with Crippen molar-refractivity contribution in [2.24, 2.45) is 0 Å². The first-order chi connectivity index (χ1) is 9.20. The molecular weight excluding hydrogens is 264 g/mol. The highest BCUT2D eigenvalue weighted by Gasteiger charge is 2.08. The fourth-order valence-electron chi connectivity index (χ4n) is 1.79. The van der Waals surface area contributed by atoms with E-state index >= 15 is 0 Å². The molecule has 1 N–H and O–H groups in total. The molecule has 4 nitrogen and oxygen atoms in total. The minimum absolute atomic E-state index is 0.593. The van der Waals surface area contributed by atoms with Crippen LogP contribution in [-0.2, 0) is 11.3 Å². The summed E-state index contributed by atoms with van der Waals surface area (Å²) in [6, 6.07) is 5.71. The number of nitrogens with zero attached hydrogens (tertiary/aromatic N) is 1. The van der Waals surface area contributed by atoms with E-state index in [1.165, 1.54) is 0 Å². The smallest absolute Gasteiger partial charge is 0.208 e. The van der Waals surface area contributed by atoms with E-state index in [-0.39, 0.29) is 0 Å². The molecule has 0 bridgehead atoms. The topological polar surface area (TPSA) is 47.3 Å². The lowest BCUT2D eigenvalue weighted by atomic mass is 10.1. The van der Waals surface area contributed by atoms with Crippen molar-refractivity contribution in [1.82, 2.24) is 10.3 Å². The number of rotatable bonds is 6. The third-order valence-corrected chi connectivity index (χ3v) is 3.00. The Morgan fingerprint density at radius 2 is 2.26 bits per heavy atom. The number of oxazole rings is 1. The molecule has 2 rings (SSSR count). The Balaban J connectivity index is 2.04. The molecule has 1 aromatic carbocycles. The fraction of sp³-hybridized carbons (Fsp3) is 0.357. The highest BCUT2D eigenvalue weighted by atomic mass is 35.5. The molecule has 0 unspecified atom stereocenters. The molecule has 2 aromatic rings. The Hall–Kier alpha value is -1.36. The molecule has 0 atom stereocenters. The molecule has 5 heteroatoms. The molecule has 1 aromatic heterocycles. The first-order valence-electron chi connectivity index (χ1n) is 6.11. The van der Waals surface area contributed by atoms with E-state index in [1.807, 2.05) is 25.1 Å². The van der Waals surface area contributed by atoms with Crippen LogP contribution in [0.15, 0.2) is 28.8 Å². The standard InChI is InChI=1S/C14H17ClN2O2/c1-10-7-11(15)3-4-12(10)13-8-17-14(19-13)9-16-5-6-18-2/h3-4,7-8,16H,5-6,9H2,1-2H3. The lowest BCUT2D eigenvalue weighted by Crippen LogP contribution is -2.18. The van der Waals surface area contributed by atoms with Gasteiger partial charge >= 0.3 is 0 Å². The van der Waals surface area contributed by atoms with Crippen molar-refractivity contribution in [2.45, 2.75) is 13.5 Å². The van der Waals surface area contributed by atoms with Gasteiger partial charge in [0.05, 0.1) is 19.3 Å². The van der Waals surface area contributed by atoms with E-state index in [2.05, 4.69) is 10.3 Å². The second-order valence-electron chi connectivity index (χ2n) is 4.25. The number of benzene rings is 1. The van der Waals surface area contributed by atoms with Gasteiger partial charge in [0.15, 0.2) is 5.76 Å². The zero-order valence-corrected chi connectivity index (χ0v) is 11.8. The zero-order valence-electron chi connectivity index (χ0n) is 11.1. The average molecular weight is 281 g/mol. The molecule has 1 heterocycles. The number of hydrogen-bond donors (Lipinski definition) is 1. The van der Waals surface area contributed by atoms with Crippen molar-refractivity contribution in [1.29, 1.82) is 0 Å². The normalized spacial score (nSPS) is 10.9. The lowest BCUT2D eigenvalue weighted by molar-refractivity contribution is 0.198. The van der Waals surface area contributed by atoms with Crippen LogP contribution in [0, 0.1) is 6.92 Å². The maximum Gasteiger partial charge on any atom is 0.208 e. The molecule has 19 heavy (non-hydrogen) atoms. The van der Waals surface area contributed by atoms with Crippen LogP contribution < -0.4 is 5.32 Å². The van der Waals surface area contributed by atoms with Gasteiger partial charge < -0.3 is 14.5 Å². The molecule has 0 saturated carbocycles. The SMILES string of the molecule is COCCNCc1ncc(-c2ccc(Cl)cc2C)o1. The maximum atomic E-state index is 5.94. The third-order valence-electron chi connectivity index (χ3n) is 2.77. The van der Waals surface area contributed by atoms with E-state index < -0.39 is 0 Å². The van der Waals surface area contributed by atoms with Gasteiger partial charge in [0.2, 0.25) is 5.89 Å². The lowest BCUT2D eigenvalue weighted by Gasteiger charge is -2.02. The number of ether oxygens (including phenoxy) is 1. The molecule has 0 fully saturated rings. The van der Waals surface area contributed by atoms with Crippen LogP contribution in [0.4, 0.5) is 0 Å². The van der Waals surface area contributed by atoms with E-state index in [0.717, 1.165) is 28.5 Å².